The zero-order chi connectivity index (χ0) is 7.11. The fourth-order valence-electron chi connectivity index (χ4n) is 0.345. The molecule has 0 atom stereocenters. The highest BCUT2D eigenvalue weighted by atomic mass is 35.5. The van der Waals surface area contributed by atoms with E-state index in [1.165, 1.54) is 0 Å². The average Bonchev–Trinajstić information content (AvgIpc) is 1.85. The Kier molecular flexibility index (Phi) is 5.23. The summed E-state index contributed by atoms with van der Waals surface area (Å²) in [5, 5.41) is 0.525. The third-order valence-corrected chi connectivity index (χ3v) is 0.928. The van der Waals surface area contributed by atoms with Gasteiger partial charge in [-0.25, -0.2) is 4.99 Å². The molecule has 0 bridgehead atoms. The smallest absolute Gasteiger partial charge is 0.125 e. The standard InChI is InChI=1S/C7H10ClN/c1-3-5-7(8)9-6-4-2/h4-6H,2-3H2,1H3/b7-5-,9-6-. The van der Waals surface area contributed by atoms with Crippen LogP contribution in [0.25, 0.3) is 0 Å². The molecule has 0 unspecified atom stereocenters. The molecule has 0 aromatic carbocycles. The van der Waals surface area contributed by atoms with Gasteiger partial charge >= 0.3 is 0 Å². The lowest BCUT2D eigenvalue weighted by Gasteiger charge is -1.82. The van der Waals surface area contributed by atoms with Gasteiger partial charge in [-0.05, 0) is 12.5 Å². The van der Waals surface area contributed by atoms with Crippen molar-refractivity contribution in [3.05, 3.63) is 23.9 Å². The van der Waals surface area contributed by atoms with E-state index >= 15 is 0 Å². The molecule has 0 aliphatic heterocycles. The zero-order valence-corrected chi connectivity index (χ0v) is 6.23. The predicted octanol–water partition coefficient (Wildman–Crippen LogP) is 2.73. The molecule has 0 aliphatic carbocycles. The molecule has 9 heavy (non-hydrogen) atoms. The molecule has 0 saturated carbocycles. The number of hydrogen-bond donors (Lipinski definition) is 0. The van der Waals surface area contributed by atoms with Gasteiger partial charge in [0.25, 0.3) is 0 Å². The highest BCUT2D eigenvalue weighted by Crippen LogP contribution is 2.02. The Morgan fingerprint density at radius 1 is 1.78 bits per heavy atom. The summed E-state index contributed by atoms with van der Waals surface area (Å²) in [6.07, 6.45) is 5.90. The Bertz CT molecular complexity index is 136. The van der Waals surface area contributed by atoms with Gasteiger partial charge in [-0.1, -0.05) is 31.2 Å². The third-order valence-electron chi connectivity index (χ3n) is 0.676. The summed E-state index contributed by atoms with van der Waals surface area (Å²) in [5.74, 6) is 0. The number of rotatable bonds is 3. The van der Waals surface area contributed by atoms with Crippen LogP contribution < -0.4 is 0 Å². The summed E-state index contributed by atoms with van der Waals surface area (Å²) in [7, 11) is 0. The summed E-state index contributed by atoms with van der Waals surface area (Å²) >= 11 is 5.58. The molecule has 0 aliphatic rings. The molecule has 2 heteroatoms. The molecule has 0 spiro atoms. The number of allylic oxidation sites excluding steroid dienone is 2. The van der Waals surface area contributed by atoms with Crippen LogP contribution in [0, 0.1) is 0 Å². The molecule has 0 radical (unpaired) electrons. The van der Waals surface area contributed by atoms with Gasteiger partial charge < -0.3 is 0 Å². The monoisotopic (exact) mass is 143 g/mol. The lowest BCUT2D eigenvalue weighted by Crippen LogP contribution is -1.65. The molecule has 0 aromatic heterocycles. The number of halogens is 1. The Morgan fingerprint density at radius 2 is 2.44 bits per heavy atom. The van der Waals surface area contributed by atoms with E-state index in [2.05, 4.69) is 11.6 Å². The molecular formula is C7H10ClN. The van der Waals surface area contributed by atoms with E-state index in [1.807, 2.05) is 13.0 Å². The second-order valence-electron chi connectivity index (χ2n) is 1.45. The Hall–Kier alpha value is -0.560. The molecule has 0 rings (SSSR count). The van der Waals surface area contributed by atoms with Crippen molar-refractivity contribution >= 4 is 17.8 Å². The van der Waals surface area contributed by atoms with Crippen molar-refractivity contribution in [2.75, 3.05) is 0 Å². The Morgan fingerprint density at radius 3 is 2.89 bits per heavy atom. The molecule has 1 nitrogen and oxygen atoms in total. The van der Waals surface area contributed by atoms with Crippen LogP contribution in [0.5, 0.6) is 0 Å². The second kappa shape index (κ2) is 5.57. The van der Waals surface area contributed by atoms with Crippen LogP contribution in [0.2, 0.25) is 0 Å². The van der Waals surface area contributed by atoms with E-state index in [4.69, 9.17) is 11.6 Å². The molecular weight excluding hydrogens is 134 g/mol. The van der Waals surface area contributed by atoms with Gasteiger partial charge in [-0.15, -0.1) is 0 Å². The molecule has 0 fully saturated rings. The molecule has 0 heterocycles. The van der Waals surface area contributed by atoms with Crippen molar-refractivity contribution in [1.82, 2.24) is 0 Å². The summed E-state index contributed by atoms with van der Waals surface area (Å²) in [4.78, 5) is 3.82. The summed E-state index contributed by atoms with van der Waals surface area (Å²) in [5.41, 5.74) is 0. The van der Waals surface area contributed by atoms with E-state index < -0.39 is 0 Å². The van der Waals surface area contributed by atoms with Gasteiger partial charge in [0, 0.05) is 6.21 Å². The van der Waals surface area contributed by atoms with E-state index in [-0.39, 0.29) is 0 Å². The van der Waals surface area contributed by atoms with Crippen LogP contribution in [0.4, 0.5) is 0 Å². The average molecular weight is 144 g/mol. The topological polar surface area (TPSA) is 12.4 Å². The minimum Gasteiger partial charge on any atom is -0.245 e. The highest BCUT2D eigenvalue weighted by molar-refractivity contribution is 6.29. The SMILES string of the molecule is C=C/C=N\C(Cl)=C/CC. The zero-order valence-electron chi connectivity index (χ0n) is 5.47. The third kappa shape index (κ3) is 5.31. The molecule has 0 aromatic rings. The Labute approximate surface area is 60.7 Å². The first-order chi connectivity index (χ1) is 4.31. The number of nitrogens with zero attached hydrogens (tertiary/aromatic N) is 1. The lowest BCUT2D eigenvalue weighted by atomic mass is 10.5. The van der Waals surface area contributed by atoms with Crippen LogP contribution in [-0.2, 0) is 0 Å². The maximum Gasteiger partial charge on any atom is 0.125 e. The van der Waals surface area contributed by atoms with Crippen molar-refractivity contribution in [3.63, 3.8) is 0 Å². The van der Waals surface area contributed by atoms with E-state index in [0.717, 1.165) is 6.42 Å². The fraction of sp³-hybridized carbons (Fsp3) is 0.286. The first-order valence-corrected chi connectivity index (χ1v) is 3.19. The minimum atomic E-state index is 0.525. The second-order valence-corrected chi connectivity index (χ2v) is 1.84. The molecule has 50 valence electrons. The molecule has 0 saturated heterocycles. The Balaban J connectivity index is 3.74. The minimum absolute atomic E-state index is 0.525. The van der Waals surface area contributed by atoms with Crippen LogP contribution >= 0.6 is 11.6 Å². The van der Waals surface area contributed by atoms with Crippen LogP contribution in [0.1, 0.15) is 13.3 Å². The summed E-state index contributed by atoms with van der Waals surface area (Å²) in [6, 6.07) is 0. The van der Waals surface area contributed by atoms with Crippen molar-refractivity contribution < 1.29 is 0 Å². The van der Waals surface area contributed by atoms with E-state index in [0.29, 0.717) is 5.16 Å². The van der Waals surface area contributed by atoms with E-state index in [1.54, 1.807) is 12.3 Å². The molecule has 0 amide bonds. The normalized spacial score (nSPS) is 12.4. The van der Waals surface area contributed by atoms with Crippen molar-refractivity contribution in [2.45, 2.75) is 13.3 Å². The largest absolute Gasteiger partial charge is 0.245 e. The van der Waals surface area contributed by atoms with Crippen molar-refractivity contribution in [1.29, 1.82) is 0 Å². The van der Waals surface area contributed by atoms with Gasteiger partial charge in [0.2, 0.25) is 0 Å². The van der Waals surface area contributed by atoms with Crippen LogP contribution in [-0.4, -0.2) is 6.21 Å². The van der Waals surface area contributed by atoms with Gasteiger partial charge in [0.15, 0.2) is 0 Å². The van der Waals surface area contributed by atoms with Crippen molar-refractivity contribution in [2.24, 2.45) is 4.99 Å². The van der Waals surface area contributed by atoms with Gasteiger partial charge in [0.1, 0.15) is 5.16 Å². The van der Waals surface area contributed by atoms with Gasteiger partial charge in [-0.3, -0.25) is 0 Å². The molecule has 0 N–H and O–H groups in total. The van der Waals surface area contributed by atoms with Crippen molar-refractivity contribution in [3.8, 4) is 0 Å². The van der Waals surface area contributed by atoms with Gasteiger partial charge in [0.05, 0.1) is 0 Å². The first kappa shape index (κ1) is 8.44. The lowest BCUT2D eigenvalue weighted by molar-refractivity contribution is 1.20. The highest BCUT2D eigenvalue weighted by Gasteiger charge is 1.78. The van der Waals surface area contributed by atoms with Gasteiger partial charge in [-0.2, -0.15) is 0 Å². The van der Waals surface area contributed by atoms with E-state index in [9.17, 15) is 0 Å². The number of aliphatic imine (C=N–C) groups is 1. The van der Waals surface area contributed by atoms with Crippen LogP contribution in [0.15, 0.2) is 28.9 Å². The predicted molar refractivity (Wildman–Crippen MR) is 42.9 cm³/mol. The maximum atomic E-state index is 5.58. The fourth-order valence-corrected chi connectivity index (χ4v) is 0.556. The quantitative estimate of drug-likeness (QED) is 0.426. The maximum absolute atomic E-state index is 5.58. The number of hydrogen-bond acceptors (Lipinski definition) is 1. The summed E-state index contributed by atoms with van der Waals surface area (Å²) < 4.78 is 0. The first-order valence-electron chi connectivity index (χ1n) is 2.82. The summed E-state index contributed by atoms with van der Waals surface area (Å²) in [6.45, 7) is 5.46. The van der Waals surface area contributed by atoms with Crippen LogP contribution in [0.3, 0.4) is 0 Å².